The van der Waals surface area contributed by atoms with Gasteiger partial charge >= 0.3 is 0 Å². The molecule has 0 N–H and O–H groups in total. The van der Waals surface area contributed by atoms with Crippen LogP contribution >= 0.6 is 0 Å². The molecule has 112 valence electrons. The van der Waals surface area contributed by atoms with Crippen LogP contribution in [-0.2, 0) is 0 Å². The van der Waals surface area contributed by atoms with Gasteiger partial charge in [-0.2, -0.15) is 0 Å². The van der Waals surface area contributed by atoms with Crippen molar-refractivity contribution in [1.29, 1.82) is 0 Å². The van der Waals surface area contributed by atoms with Crippen LogP contribution in [0.15, 0.2) is 42.9 Å². The number of imidazole rings is 1. The fourth-order valence-corrected chi connectivity index (χ4v) is 2.32. The molecule has 5 heteroatoms. The van der Waals surface area contributed by atoms with E-state index < -0.39 is 0 Å². The maximum absolute atomic E-state index is 4.22. The summed E-state index contributed by atoms with van der Waals surface area (Å²) in [4.78, 5) is 4.22. The summed E-state index contributed by atoms with van der Waals surface area (Å²) in [5.74, 6) is 0.931. The highest BCUT2D eigenvalue weighted by Gasteiger charge is 1.98. The summed E-state index contributed by atoms with van der Waals surface area (Å²) in [6, 6.07) is 8.16. The number of aromatic nitrogens is 5. The second-order valence-electron chi connectivity index (χ2n) is 5.51. The minimum atomic E-state index is 0.919. The van der Waals surface area contributed by atoms with Gasteiger partial charge in [-0.1, -0.05) is 6.07 Å². The van der Waals surface area contributed by atoms with E-state index in [0.717, 1.165) is 17.1 Å². The van der Waals surface area contributed by atoms with Crippen molar-refractivity contribution in [3.05, 3.63) is 65.5 Å². The molecule has 0 aliphatic heterocycles. The third-order valence-corrected chi connectivity index (χ3v) is 3.57. The number of aryl methyl sites for hydroxylation is 4. The first kappa shape index (κ1) is 14.3. The second-order valence-corrected chi connectivity index (χ2v) is 5.51. The zero-order chi connectivity index (χ0) is 15.7. The van der Waals surface area contributed by atoms with Crippen molar-refractivity contribution in [2.75, 3.05) is 0 Å². The maximum Gasteiger partial charge on any atom is 0.161 e. The summed E-state index contributed by atoms with van der Waals surface area (Å²) < 4.78 is 4.06. The van der Waals surface area contributed by atoms with Crippen molar-refractivity contribution in [2.45, 2.75) is 27.7 Å². The predicted molar refractivity (Wildman–Crippen MR) is 87.1 cm³/mol. The first-order valence-corrected chi connectivity index (χ1v) is 7.23. The molecule has 0 aliphatic carbocycles. The van der Waals surface area contributed by atoms with Crippen LogP contribution in [0.2, 0.25) is 0 Å². The summed E-state index contributed by atoms with van der Waals surface area (Å²) in [5, 5.41) is 7.94. The molecule has 0 radical (unpaired) electrons. The lowest BCUT2D eigenvalue weighted by Crippen LogP contribution is -1.87. The van der Waals surface area contributed by atoms with Crippen molar-refractivity contribution in [3.8, 4) is 0 Å². The third kappa shape index (κ3) is 2.70. The van der Waals surface area contributed by atoms with E-state index in [4.69, 9.17) is 0 Å². The normalized spacial score (nSPS) is 10.7. The highest BCUT2D eigenvalue weighted by molar-refractivity contribution is 5.41. The van der Waals surface area contributed by atoms with E-state index in [1.54, 1.807) is 0 Å². The molecule has 4 aromatic rings. The Kier molecular flexibility index (Phi) is 3.63. The van der Waals surface area contributed by atoms with Gasteiger partial charge < -0.3 is 4.40 Å². The summed E-state index contributed by atoms with van der Waals surface area (Å²) in [6.07, 6.45) is 5.96. The number of hydrogen-bond donors (Lipinski definition) is 0. The molecule has 0 saturated carbocycles. The zero-order valence-electron chi connectivity index (χ0n) is 13.3. The standard InChI is InChI=1S/C9H10N2.C8H9N3/c1-7-3-4-9-10-5-8(2)11(9)6-7;1-6-3-4-11-7(2)9-10-8(11)5-6/h3-6H,1-2H3;3-5H,1-2H3. The number of pyridine rings is 2. The van der Waals surface area contributed by atoms with Crippen LogP contribution in [0.4, 0.5) is 0 Å². The average Bonchev–Trinajstić information content (AvgIpc) is 3.04. The smallest absolute Gasteiger partial charge is 0.161 e. The molecule has 5 nitrogen and oxygen atoms in total. The topological polar surface area (TPSA) is 47.5 Å². The predicted octanol–water partition coefficient (Wildman–Crippen LogP) is 3.30. The second kappa shape index (κ2) is 5.60. The Hall–Kier alpha value is -2.69. The Morgan fingerprint density at radius 2 is 1.64 bits per heavy atom. The number of rotatable bonds is 0. The lowest BCUT2D eigenvalue weighted by molar-refractivity contribution is 1.01. The fourth-order valence-electron chi connectivity index (χ4n) is 2.32. The number of nitrogens with zero attached hydrogens (tertiary/aromatic N) is 5. The van der Waals surface area contributed by atoms with Gasteiger partial charge in [-0.3, -0.25) is 4.40 Å². The summed E-state index contributed by atoms with van der Waals surface area (Å²) >= 11 is 0. The molecule has 4 heterocycles. The Bertz CT molecular complexity index is 933. The van der Waals surface area contributed by atoms with E-state index in [2.05, 4.69) is 45.7 Å². The van der Waals surface area contributed by atoms with Crippen molar-refractivity contribution in [1.82, 2.24) is 24.0 Å². The van der Waals surface area contributed by atoms with Crippen LogP contribution in [0.25, 0.3) is 11.3 Å². The molecular weight excluding hydrogens is 274 g/mol. The van der Waals surface area contributed by atoms with E-state index in [-0.39, 0.29) is 0 Å². The van der Waals surface area contributed by atoms with Gasteiger partial charge in [0, 0.05) is 24.3 Å². The molecule has 22 heavy (non-hydrogen) atoms. The Morgan fingerprint density at radius 1 is 0.818 bits per heavy atom. The summed E-state index contributed by atoms with van der Waals surface area (Å²) in [6.45, 7) is 8.12. The SMILES string of the molecule is Cc1ccc2ncc(C)n2c1.Cc1ccn2c(C)nnc2c1. The molecule has 4 aromatic heterocycles. The minimum absolute atomic E-state index is 0.919. The molecule has 0 atom stereocenters. The fraction of sp³-hybridized carbons (Fsp3) is 0.235. The Balaban J connectivity index is 0.000000131. The van der Waals surface area contributed by atoms with Gasteiger partial charge in [0.1, 0.15) is 11.5 Å². The average molecular weight is 293 g/mol. The molecule has 0 fully saturated rings. The first-order chi connectivity index (χ1) is 10.5. The summed E-state index contributed by atoms with van der Waals surface area (Å²) in [5.41, 5.74) is 5.60. The van der Waals surface area contributed by atoms with Crippen molar-refractivity contribution in [3.63, 3.8) is 0 Å². The Labute approximate surface area is 129 Å². The molecule has 0 unspecified atom stereocenters. The van der Waals surface area contributed by atoms with Gasteiger partial charge in [0.05, 0.1) is 0 Å². The van der Waals surface area contributed by atoms with Gasteiger partial charge in [0.2, 0.25) is 0 Å². The minimum Gasteiger partial charge on any atom is -0.304 e. The quantitative estimate of drug-likeness (QED) is 0.500. The van der Waals surface area contributed by atoms with Crippen LogP contribution < -0.4 is 0 Å². The van der Waals surface area contributed by atoms with Gasteiger partial charge in [0.15, 0.2) is 5.65 Å². The van der Waals surface area contributed by atoms with E-state index in [9.17, 15) is 0 Å². The lowest BCUT2D eigenvalue weighted by Gasteiger charge is -1.96. The van der Waals surface area contributed by atoms with Crippen molar-refractivity contribution in [2.24, 2.45) is 0 Å². The van der Waals surface area contributed by atoms with Crippen molar-refractivity contribution < 1.29 is 0 Å². The van der Waals surface area contributed by atoms with Crippen LogP contribution in [0.5, 0.6) is 0 Å². The highest BCUT2D eigenvalue weighted by atomic mass is 15.2. The van der Waals surface area contributed by atoms with Crippen LogP contribution in [0.1, 0.15) is 22.6 Å². The molecule has 0 aliphatic rings. The molecular formula is C17H19N5. The maximum atomic E-state index is 4.22. The molecule has 0 aromatic carbocycles. The monoisotopic (exact) mass is 293 g/mol. The van der Waals surface area contributed by atoms with E-state index in [0.29, 0.717) is 0 Å². The van der Waals surface area contributed by atoms with Crippen molar-refractivity contribution >= 4 is 11.3 Å². The van der Waals surface area contributed by atoms with Crippen LogP contribution in [0, 0.1) is 27.7 Å². The lowest BCUT2D eigenvalue weighted by atomic mass is 10.3. The van der Waals surface area contributed by atoms with Gasteiger partial charge in [-0.05, 0) is 57.0 Å². The number of hydrogen-bond acceptors (Lipinski definition) is 3. The van der Waals surface area contributed by atoms with Crippen LogP contribution in [0.3, 0.4) is 0 Å². The molecule has 0 saturated heterocycles. The van der Waals surface area contributed by atoms with E-state index in [1.807, 2.05) is 48.8 Å². The largest absolute Gasteiger partial charge is 0.304 e. The van der Waals surface area contributed by atoms with Gasteiger partial charge in [0.25, 0.3) is 0 Å². The highest BCUT2D eigenvalue weighted by Crippen LogP contribution is 2.07. The molecule has 0 bridgehead atoms. The van der Waals surface area contributed by atoms with Gasteiger partial charge in [-0.15, -0.1) is 10.2 Å². The first-order valence-electron chi connectivity index (χ1n) is 7.23. The Morgan fingerprint density at radius 3 is 2.45 bits per heavy atom. The van der Waals surface area contributed by atoms with E-state index in [1.165, 1.54) is 16.8 Å². The molecule has 4 rings (SSSR count). The molecule has 0 spiro atoms. The third-order valence-electron chi connectivity index (χ3n) is 3.57. The van der Waals surface area contributed by atoms with Crippen LogP contribution in [-0.4, -0.2) is 24.0 Å². The van der Waals surface area contributed by atoms with Gasteiger partial charge in [-0.25, -0.2) is 4.98 Å². The molecule has 0 amide bonds. The van der Waals surface area contributed by atoms with E-state index >= 15 is 0 Å². The zero-order valence-corrected chi connectivity index (χ0v) is 13.3. The number of fused-ring (bicyclic) bond motifs is 2. The summed E-state index contributed by atoms with van der Waals surface area (Å²) in [7, 11) is 0.